The van der Waals surface area contributed by atoms with Gasteiger partial charge in [0.1, 0.15) is 5.69 Å². The van der Waals surface area contributed by atoms with Crippen molar-refractivity contribution in [3.8, 4) is 0 Å². The highest BCUT2D eigenvalue weighted by molar-refractivity contribution is 5.93. The molecule has 3 rings (SSSR count). The molecule has 0 spiro atoms. The molecule has 0 aliphatic carbocycles. The van der Waals surface area contributed by atoms with Gasteiger partial charge in [-0.1, -0.05) is 18.2 Å². The molecule has 5 nitrogen and oxygen atoms in total. The van der Waals surface area contributed by atoms with Gasteiger partial charge in [0.2, 0.25) is 0 Å². The number of amides is 1. The zero-order chi connectivity index (χ0) is 13.9. The van der Waals surface area contributed by atoms with Crippen molar-refractivity contribution in [3.63, 3.8) is 0 Å². The van der Waals surface area contributed by atoms with Gasteiger partial charge in [-0.15, -0.1) is 0 Å². The van der Waals surface area contributed by atoms with Gasteiger partial charge in [-0.25, -0.2) is 0 Å². The zero-order valence-corrected chi connectivity index (χ0v) is 11.5. The molecule has 1 fully saturated rings. The maximum Gasteiger partial charge on any atom is 0.272 e. The fourth-order valence-corrected chi connectivity index (χ4v) is 2.53. The summed E-state index contributed by atoms with van der Waals surface area (Å²) in [5.41, 5.74) is 2.73. The van der Waals surface area contributed by atoms with E-state index < -0.39 is 0 Å². The minimum atomic E-state index is 0.0488. The van der Waals surface area contributed by atoms with E-state index in [2.05, 4.69) is 27.2 Å². The van der Waals surface area contributed by atoms with Crippen LogP contribution in [-0.4, -0.2) is 47.2 Å². The number of aromatic nitrogens is 2. The average molecular weight is 270 g/mol. The van der Waals surface area contributed by atoms with E-state index in [0.29, 0.717) is 5.69 Å². The van der Waals surface area contributed by atoms with Crippen LogP contribution in [0, 0.1) is 6.92 Å². The Kier molecular flexibility index (Phi) is 3.41. The van der Waals surface area contributed by atoms with Gasteiger partial charge in [0.25, 0.3) is 5.91 Å². The number of H-pyrrole nitrogens is 1. The Hall–Kier alpha value is -2.30. The summed E-state index contributed by atoms with van der Waals surface area (Å²) < 4.78 is 0. The molecule has 104 valence electrons. The number of hydrogen-bond donors (Lipinski definition) is 1. The molecule has 1 aromatic heterocycles. The Morgan fingerprint density at radius 3 is 2.45 bits per heavy atom. The van der Waals surface area contributed by atoms with Gasteiger partial charge < -0.3 is 9.80 Å². The molecule has 1 amide bonds. The molecule has 1 aliphatic heterocycles. The topological polar surface area (TPSA) is 52.2 Å². The fraction of sp³-hybridized carbons (Fsp3) is 0.333. The second-order valence-corrected chi connectivity index (χ2v) is 5.04. The molecule has 20 heavy (non-hydrogen) atoms. The zero-order valence-electron chi connectivity index (χ0n) is 11.5. The smallest absolute Gasteiger partial charge is 0.272 e. The number of nitrogens with zero attached hydrogens (tertiary/aromatic N) is 3. The van der Waals surface area contributed by atoms with E-state index in [1.807, 2.05) is 30.0 Å². The SMILES string of the molecule is Cc1cn[nH]c1C(=O)N1CCN(c2ccccc2)CC1. The van der Waals surface area contributed by atoms with Crippen molar-refractivity contribution < 1.29 is 4.79 Å². The molecule has 0 unspecified atom stereocenters. The quantitative estimate of drug-likeness (QED) is 0.903. The van der Waals surface area contributed by atoms with Crippen LogP contribution in [0.2, 0.25) is 0 Å². The molecule has 1 N–H and O–H groups in total. The van der Waals surface area contributed by atoms with E-state index in [4.69, 9.17) is 0 Å². The third kappa shape index (κ3) is 2.39. The summed E-state index contributed by atoms with van der Waals surface area (Å²) in [7, 11) is 0. The molecule has 0 atom stereocenters. The highest BCUT2D eigenvalue weighted by atomic mass is 16.2. The Morgan fingerprint density at radius 1 is 1.15 bits per heavy atom. The van der Waals surface area contributed by atoms with Gasteiger partial charge in [0.05, 0.1) is 6.20 Å². The number of aromatic amines is 1. The molecule has 0 bridgehead atoms. The molecule has 0 radical (unpaired) electrons. The second-order valence-electron chi connectivity index (χ2n) is 5.04. The molecule has 2 aromatic rings. The Morgan fingerprint density at radius 2 is 1.85 bits per heavy atom. The molecule has 1 saturated heterocycles. The highest BCUT2D eigenvalue weighted by Crippen LogP contribution is 2.17. The first-order valence-corrected chi connectivity index (χ1v) is 6.85. The van der Waals surface area contributed by atoms with Crippen molar-refractivity contribution in [1.82, 2.24) is 15.1 Å². The number of benzene rings is 1. The largest absolute Gasteiger partial charge is 0.368 e. The summed E-state index contributed by atoms with van der Waals surface area (Å²) in [5, 5.41) is 6.71. The molecule has 1 aliphatic rings. The number of piperazine rings is 1. The normalized spacial score (nSPS) is 15.4. The van der Waals surface area contributed by atoms with Crippen LogP contribution < -0.4 is 4.90 Å². The number of nitrogens with one attached hydrogen (secondary N) is 1. The fourth-order valence-electron chi connectivity index (χ4n) is 2.53. The molecule has 5 heteroatoms. The number of para-hydroxylation sites is 1. The van der Waals surface area contributed by atoms with E-state index in [1.165, 1.54) is 5.69 Å². The van der Waals surface area contributed by atoms with Crippen LogP contribution in [0.1, 0.15) is 16.1 Å². The van der Waals surface area contributed by atoms with Gasteiger partial charge >= 0.3 is 0 Å². The van der Waals surface area contributed by atoms with E-state index in [-0.39, 0.29) is 5.91 Å². The lowest BCUT2D eigenvalue weighted by Gasteiger charge is -2.36. The van der Waals surface area contributed by atoms with Crippen LogP contribution >= 0.6 is 0 Å². The van der Waals surface area contributed by atoms with Crippen LogP contribution in [0.25, 0.3) is 0 Å². The van der Waals surface area contributed by atoms with E-state index >= 15 is 0 Å². The summed E-state index contributed by atoms with van der Waals surface area (Å²) in [6.07, 6.45) is 1.69. The lowest BCUT2D eigenvalue weighted by molar-refractivity contribution is 0.0740. The number of carbonyl (C=O) groups excluding carboxylic acids is 1. The Balaban J connectivity index is 1.64. The maximum atomic E-state index is 12.4. The lowest BCUT2D eigenvalue weighted by Crippen LogP contribution is -2.49. The van der Waals surface area contributed by atoms with Crippen molar-refractivity contribution in [2.24, 2.45) is 0 Å². The third-order valence-electron chi connectivity index (χ3n) is 3.73. The van der Waals surface area contributed by atoms with Gasteiger partial charge in [-0.2, -0.15) is 5.10 Å². The molecular formula is C15H18N4O. The minimum Gasteiger partial charge on any atom is -0.368 e. The van der Waals surface area contributed by atoms with Crippen molar-refractivity contribution >= 4 is 11.6 Å². The number of aryl methyl sites for hydroxylation is 1. The monoisotopic (exact) mass is 270 g/mol. The summed E-state index contributed by atoms with van der Waals surface area (Å²) in [4.78, 5) is 16.6. The standard InChI is InChI=1S/C15H18N4O/c1-12-11-16-17-14(12)15(20)19-9-7-18(8-10-19)13-5-3-2-4-6-13/h2-6,11H,7-10H2,1H3,(H,16,17). The second kappa shape index (κ2) is 5.36. The number of carbonyl (C=O) groups is 1. The van der Waals surface area contributed by atoms with Crippen LogP contribution in [0.15, 0.2) is 36.5 Å². The lowest BCUT2D eigenvalue weighted by atomic mass is 10.2. The predicted molar refractivity (Wildman–Crippen MR) is 77.9 cm³/mol. The van der Waals surface area contributed by atoms with Crippen molar-refractivity contribution in [2.45, 2.75) is 6.92 Å². The van der Waals surface area contributed by atoms with Crippen molar-refractivity contribution in [2.75, 3.05) is 31.1 Å². The molecular weight excluding hydrogens is 252 g/mol. The van der Waals surface area contributed by atoms with Gasteiger partial charge in [0, 0.05) is 31.9 Å². The molecule has 1 aromatic carbocycles. The number of rotatable bonds is 2. The van der Waals surface area contributed by atoms with Crippen LogP contribution in [0.4, 0.5) is 5.69 Å². The first kappa shape index (κ1) is 12.7. The number of anilines is 1. The highest BCUT2D eigenvalue weighted by Gasteiger charge is 2.24. The van der Waals surface area contributed by atoms with Gasteiger partial charge in [0.15, 0.2) is 0 Å². The van der Waals surface area contributed by atoms with Crippen LogP contribution in [0.3, 0.4) is 0 Å². The maximum absolute atomic E-state index is 12.4. The minimum absolute atomic E-state index is 0.0488. The first-order chi connectivity index (χ1) is 9.75. The van der Waals surface area contributed by atoms with Gasteiger partial charge in [-0.3, -0.25) is 9.89 Å². The summed E-state index contributed by atoms with van der Waals surface area (Å²) in [6, 6.07) is 10.3. The van der Waals surface area contributed by atoms with Crippen LogP contribution in [-0.2, 0) is 0 Å². The number of hydrogen-bond acceptors (Lipinski definition) is 3. The van der Waals surface area contributed by atoms with E-state index in [9.17, 15) is 4.79 Å². The van der Waals surface area contributed by atoms with E-state index in [0.717, 1.165) is 31.7 Å². The Labute approximate surface area is 118 Å². The molecule has 2 heterocycles. The Bertz CT molecular complexity index is 585. The molecule has 0 saturated carbocycles. The summed E-state index contributed by atoms with van der Waals surface area (Å²) >= 11 is 0. The third-order valence-corrected chi connectivity index (χ3v) is 3.73. The summed E-state index contributed by atoms with van der Waals surface area (Å²) in [6.45, 7) is 5.11. The van der Waals surface area contributed by atoms with Crippen molar-refractivity contribution in [3.05, 3.63) is 47.8 Å². The summed E-state index contributed by atoms with van der Waals surface area (Å²) in [5.74, 6) is 0.0488. The predicted octanol–water partition coefficient (Wildman–Crippen LogP) is 1.68. The van der Waals surface area contributed by atoms with Gasteiger partial charge in [-0.05, 0) is 24.6 Å². The first-order valence-electron chi connectivity index (χ1n) is 6.85. The van der Waals surface area contributed by atoms with E-state index in [1.54, 1.807) is 6.20 Å². The average Bonchev–Trinajstić information content (AvgIpc) is 2.94. The van der Waals surface area contributed by atoms with Crippen molar-refractivity contribution in [1.29, 1.82) is 0 Å². The van der Waals surface area contributed by atoms with Crippen LogP contribution in [0.5, 0.6) is 0 Å².